The zero-order valence-electron chi connectivity index (χ0n) is 8.94. The van der Waals surface area contributed by atoms with E-state index >= 15 is 0 Å². The van der Waals surface area contributed by atoms with Crippen molar-refractivity contribution in [3.63, 3.8) is 0 Å². The molecule has 0 aliphatic carbocycles. The van der Waals surface area contributed by atoms with Gasteiger partial charge in [-0.25, -0.2) is 0 Å². The second-order valence-corrected chi connectivity index (χ2v) is 10.2. The summed E-state index contributed by atoms with van der Waals surface area (Å²) in [5.74, 6) is 0.746. The highest BCUT2D eigenvalue weighted by atomic mass is 35.5. The molecule has 0 radical (unpaired) electrons. The molecule has 0 N–H and O–H groups in total. The van der Waals surface area contributed by atoms with Crippen LogP contribution in [0.25, 0.3) is 0 Å². The van der Waals surface area contributed by atoms with Gasteiger partial charge in [0, 0.05) is 6.61 Å². The molecule has 0 unspecified atom stereocenters. The lowest BCUT2D eigenvalue weighted by molar-refractivity contribution is 0.289. The van der Waals surface area contributed by atoms with Gasteiger partial charge < -0.3 is 4.43 Å². The van der Waals surface area contributed by atoms with Crippen LogP contribution in [0, 0.1) is 5.92 Å². The van der Waals surface area contributed by atoms with Gasteiger partial charge in [-0.3, -0.25) is 0 Å². The number of hydrogen-bond acceptors (Lipinski definition) is 1. The summed E-state index contributed by atoms with van der Waals surface area (Å²) in [4.78, 5) is 0. The Hall–Kier alpha value is 0.757. The zero-order chi connectivity index (χ0) is 10.5. The monoisotopic (exact) mass is 242 g/mol. The van der Waals surface area contributed by atoms with E-state index in [1.54, 1.807) is 0 Å². The molecule has 0 aromatic rings. The normalized spacial score (nSPS) is 12.9. The molecule has 1 nitrogen and oxygen atoms in total. The molecule has 4 heteroatoms. The third-order valence-electron chi connectivity index (χ3n) is 1.93. The molecular formula is C9H20Cl2OSi. The number of halogens is 2. The Kier molecular flexibility index (Phi) is 6.65. The predicted octanol–water partition coefficient (Wildman–Crippen LogP) is 3.99. The molecule has 0 rings (SSSR count). The van der Waals surface area contributed by atoms with E-state index in [-0.39, 0.29) is 4.46 Å². The van der Waals surface area contributed by atoms with Crippen LogP contribution in [0.1, 0.15) is 26.7 Å². The van der Waals surface area contributed by atoms with Crippen molar-refractivity contribution in [2.75, 3.05) is 6.61 Å². The van der Waals surface area contributed by atoms with Gasteiger partial charge in [-0.1, -0.05) is 13.8 Å². The molecule has 0 aliphatic rings. The first-order valence-electron chi connectivity index (χ1n) is 4.78. The molecular weight excluding hydrogens is 223 g/mol. The summed E-state index contributed by atoms with van der Waals surface area (Å²) >= 11 is 11.6. The lowest BCUT2D eigenvalue weighted by atomic mass is 10.1. The Bertz CT molecular complexity index is 138. The molecule has 0 amide bonds. The minimum absolute atomic E-state index is 0.327. The summed E-state index contributed by atoms with van der Waals surface area (Å²) in [6, 6.07) is 0. The third kappa shape index (κ3) is 6.78. The minimum Gasteiger partial charge on any atom is -0.415 e. The van der Waals surface area contributed by atoms with Crippen molar-refractivity contribution in [2.45, 2.75) is 44.2 Å². The van der Waals surface area contributed by atoms with Crippen molar-refractivity contribution >= 4 is 31.5 Å². The van der Waals surface area contributed by atoms with Crippen LogP contribution < -0.4 is 0 Å². The first kappa shape index (κ1) is 13.8. The van der Waals surface area contributed by atoms with Crippen LogP contribution in [-0.2, 0) is 4.43 Å². The van der Waals surface area contributed by atoms with E-state index in [0.29, 0.717) is 0 Å². The SMILES string of the molecule is CC(C)CCCO[Si](C)(C)C(Cl)Cl. The van der Waals surface area contributed by atoms with Crippen molar-refractivity contribution in [3.05, 3.63) is 0 Å². The first-order valence-corrected chi connectivity index (χ1v) is 8.64. The number of rotatable bonds is 6. The Morgan fingerprint density at radius 2 is 1.77 bits per heavy atom. The molecule has 0 aromatic carbocycles. The topological polar surface area (TPSA) is 9.23 Å². The Morgan fingerprint density at radius 3 is 2.15 bits per heavy atom. The fourth-order valence-electron chi connectivity index (χ4n) is 0.890. The van der Waals surface area contributed by atoms with Gasteiger partial charge in [0.2, 0.25) is 8.32 Å². The maximum absolute atomic E-state index is 5.81. The second kappa shape index (κ2) is 6.28. The number of hydrogen-bond donors (Lipinski definition) is 0. The summed E-state index contributed by atoms with van der Waals surface area (Å²) in [6.45, 7) is 9.33. The van der Waals surface area contributed by atoms with Gasteiger partial charge in [0.05, 0.1) is 0 Å². The largest absolute Gasteiger partial charge is 0.415 e. The molecule has 0 aliphatic heterocycles. The van der Waals surface area contributed by atoms with E-state index in [0.717, 1.165) is 18.9 Å². The van der Waals surface area contributed by atoms with Crippen LogP contribution in [0.5, 0.6) is 0 Å². The van der Waals surface area contributed by atoms with Gasteiger partial charge in [0.15, 0.2) is 0 Å². The zero-order valence-corrected chi connectivity index (χ0v) is 11.5. The van der Waals surface area contributed by atoms with E-state index in [2.05, 4.69) is 13.8 Å². The average Bonchev–Trinajstić information content (AvgIpc) is 1.97. The fraction of sp³-hybridized carbons (Fsp3) is 1.00. The summed E-state index contributed by atoms with van der Waals surface area (Å²) in [6.07, 6.45) is 2.31. The minimum atomic E-state index is -1.82. The highest BCUT2D eigenvalue weighted by Crippen LogP contribution is 2.20. The van der Waals surface area contributed by atoms with Crippen molar-refractivity contribution in [1.82, 2.24) is 0 Å². The first-order chi connectivity index (χ1) is 5.86. The number of alkyl halides is 2. The van der Waals surface area contributed by atoms with Crippen LogP contribution in [-0.4, -0.2) is 19.4 Å². The van der Waals surface area contributed by atoms with Gasteiger partial charge in [0.1, 0.15) is 4.46 Å². The molecule has 0 atom stereocenters. The van der Waals surface area contributed by atoms with Crippen LogP contribution in [0.3, 0.4) is 0 Å². The molecule has 13 heavy (non-hydrogen) atoms. The Balaban J connectivity index is 3.52. The lowest BCUT2D eigenvalue weighted by Gasteiger charge is -2.23. The Morgan fingerprint density at radius 1 is 1.23 bits per heavy atom. The summed E-state index contributed by atoms with van der Waals surface area (Å²) in [7, 11) is -1.82. The molecule has 0 spiro atoms. The van der Waals surface area contributed by atoms with Gasteiger partial charge >= 0.3 is 0 Å². The highest BCUT2D eigenvalue weighted by molar-refractivity contribution is 6.87. The van der Waals surface area contributed by atoms with Gasteiger partial charge in [-0.15, -0.1) is 23.2 Å². The summed E-state index contributed by atoms with van der Waals surface area (Å²) in [5, 5.41) is 0. The third-order valence-corrected chi connectivity index (χ3v) is 7.08. The predicted molar refractivity (Wildman–Crippen MR) is 63.0 cm³/mol. The molecule has 0 aromatic heterocycles. The lowest BCUT2D eigenvalue weighted by Crippen LogP contribution is -2.38. The smallest absolute Gasteiger partial charge is 0.220 e. The van der Waals surface area contributed by atoms with Gasteiger partial charge in [-0.2, -0.15) is 0 Å². The second-order valence-electron chi connectivity index (χ2n) is 4.29. The maximum atomic E-state index is 5.81. The molecule has 0 saturated carbocycles. The summed E-state index contributed by atoms with van der Waals surface area (Å²) < 4.78 is 5.39. The van der Waals surface area contributed by atoms with Crippen LogP contribution in [0.2, 0.25) is 13.1 Å². The average molecular weight is 243 g/mol. The van der Waals surface area contributed by atoms with E-state index < -0.39 is 8.32 Å². The maximum Gasteiger partial charge on any atom is 0.220 e. The van der Waals surface area contributed by atoms with E-state index in [1.165, 1.54) is 6.42 Å². The van der Waals surface area contributed by atoms with Crippen LogP contribution in [0.4, 0.5) is 0 Å². The standard InChI is InChI=1S/C9H20Cl2OSi/c1-8(2)6-5-7-12-13(3,4)9(10)11/h8-9H,5-7H2,1-4H3. The molecule has 0 heterocycles. The molecule has 0 bridgehead atoms. The van der Waals surface area contributed by atoms with Gasteiger partial charge in [0.25, 0.3) is 0 Å². The summed E-state index contributed by atoms with van der Waals surface area (Å²) in [5.41, 5.74) is 0. The molecule has 0 saturated heterocycles. The quantitative estimate of drug-likeness (QED) is 0.389. The molecule has 0 fully saturated rings. The van der Waals surface area contributed by atoms with Crippen LogP contribution in [0.15, 0.2) is 0 Å². The fourth-order valence-corrected chi connectivity index (χ4v) is 2.06. The molecule has 80 valence electrons. The van der Waals surface area contributed by atoms with E-state index in [4.69, 9.17) is 27.6 Å². The van der Waals surface area contributed by atoms with Crippen molar-refractivity contribution in [1.29, 1.82) is 0 Å². The van der Waals surface area contributed by atoms with Crippen LogP contribution >= 0.6 is 23.2 Å². The van der Waals surface area contributed by atoms with Crippen molar-refractivity contribution in [3.8, 4) is 0 Å². The van der Waals surface area contributed by atoms with Crippen molar-refractivity contribution in [2.24, 2.45) is 5.92 Å². The van der Waals surface area contributed by atoms with Gasteiger partial charge in [-0.05, 0) is 31.9 Å². The van der Waals surface area contributed by atoms with E-state index in [9.17, 15) is 0 Å². The Labute approximate surface area is 92.9 Å². The van der Waals surface area contributed by atoms with Crippen molar-refractivity contribution < 1.29 is 4.43 Å². The highest BCUT2D eigenvalue weighted by Gasteiger charge is 2.30. The van der Waals surface area contributed by atoms with E-state index in [1.807, 2.05) is 13.1 Å².